The number of aromatic hydroxyl groups is 1. The number of hydrogen-bond donors (Lipinski definition) is 3. The predicted octanol–water partition coefficient (Wildman–Crippen LogP) is 3.15. The van der Waals surface area contributed by atoms with E-state index in [4.69, 9.17) is 5.21 Å². The lowest BCUT2D eigenvalue weighted by molar-refractivity contribution is 0.102. The van der Waals surface area contributed by atoms with Crippen molar-refractivity contribution >= 4 is 17.3 Å². The minimum absolute atomic E-state index is 0.156. The number of hydrogen-bond acceptors (Lipinski definition) is 4. The summed E-state index contributed by atoms with van der Waals surface area (Å²) in [6.07, 6.45) is 0. The molecule has 0 fully saturated rings. The highest BCUT2D eigenvalue weighted by molar-refractivity contribution is 6.05. The smallest absolute Gasteiger partial charge is 0.255 e. The van der Waals surface area contributed by atoms with Crippen molar-refractivity contribution in [3.8, 4) is 5.75 Å². The van der Waals surface area contributed by atoms with E-state index in [1.165, 1.54) is 6.07 Å². The van der Waals surface area contributed by atoms with Crippen molar-refractivity contribution < 1.29 is 15.1 Å². The van der Waals surface area contributed by atoms with E-state index in [-0.39, 0.29) is 11.7 Å². The van der Waals surface area contributed by atoms with Gasteiger partial charge in [0.1, 0.15) is 5.75 Å². The fourth-order valence-corrected chi connectivity index (χ4v) is 1.88. The number of phenols is 1. The van der Waals surface area contributed by atoms with Gasteiger partial charge in [-0.05, 0) is 49.7 Å². The van der Waals surface area contributed by atoms with Crippen molar-refractivity contribution in [2.45, 2.75) is 13.8 Å². The third-order valence-corrected chi connectivity index (χ3v) is 3.15. The summed E-state index contributed by atoms with van der Waals surface area (Å²) in [7, 11) is 0. The molecule has 0 heterocycles. The predicted molar refractivity (Wildman–Crippen MR) is 81.2 cm³/mol. The molecule has 2 aromatic carbocycles. The molecule has 0 atom stereocenters. The highest BCUT2D eigenvalue weighted by Gasteiger charge is 2.08. The molecule has 21 heavy (non-hydrogen) atoms. The Hall–Kier alpha value is -2.82. The van der Waals surface area contributed by atoms with Crippen LogP contribution in [0.25, 0.3) is 0 Å². The molecule has 0 saturated heterocycles. The standard InChI is InChI=1S/C16H16N2O3/c1-10-8-13(6-7-15(10)19)16(20)17-14-5-3-4-12(9-14)11(2)18-21/h3-9,19,21H,1-2H3,(H,17,20)/b18-11-. The Morgan fingerprint density at radius 1 is 1.14 bits per heavy atom. The minimum atomic E-state index is -0.270. The molecule has 5 nitrogen and oxygen atoms in total. The molecular weight excluding hydrogens is 268 g/mol. The second-order valence-corrected chi connectivity index (χ2v) is 4.72. The largest absolute Gasteiger partial charge is 0.508 e. The van der Waals surface area contributed by atoms with Crippen LogP contribution in [0.4, 0.5) is 5.69 Å². The maximum atomic E-state index is 12.2. The van der Waals surface area contributed by atoms with Crippen LogP contribution in [-0.4, -0.2) is 21.9 Å². The third-order valence-electron chi connectivity index (χ3n) is 3.15. The van der Waals surface area contributed by atoms with Crippen LogP contribution >= 0.6 is 0 Å². The number of phenolic OH excluding ortho intramolecular Hbond substituents is 1. The number of nitrogens with zero attached hydrogens (tertiary/aromatic N) is 1. The number of carbonyl (C=O) groups excluding carboxylic acids is 1. The molecule has 2 rings (SSSR count). The first-order valence-electron chi connectivity index (χ1n) is 6.41. The van der Waals surface area contributed by atoms with Crippen LogP contribution in [0.15, 0.2) is 47.6 Å². The summed E-state index contributed by atoms with van der Waals surface area (Å²) in [4.78, 5) is 12.2. The number of anilines is 1. The van der Waals surface area contributed by atoms with Crippen molar-refractivity contribution in [2.75, 3.05) is 5.32 Å². The Morgan fingerprint density at radius 2 is 1.90 bits per heavy atom. The van der Waals surface area contributed by atoms with Gasteiger partial charge in [-0.15, -0.1) is 0 Å². The molecule has 0 spiro atoms. The number of carbonyl (C=O) groups is 1. The minimum Gasteiger partial charge on any atom is -0.508 e. The van der Waals surface area contributed by atoms with Gasteiger partial charge in [-0.3, -0.25) is 4.79 Å². The number of amides is 1. The molecule has 0 radical (unpaired) electrons. The van der Waals surface area contributed by atoms with Crippen LogP contribution < -0.4 is 5.32 Å². The lowest BCUT2D eigenvalue weighted by Gasteiger charge is -2.08. The monoisotopic (exact) mass is 284 g/mol. The maximum Gasteiger partial charge on any atom is 0.255 e. The van der Waals surface area contributed by atoms with Gasteiger partial charge in [-0.2, -0.15) is 0 Å². The van der Waals surface area contributed by atoms with Gasteiger partial charge in [-0.25, -0.2) is 0 Å². The summed E-state index contributed by atoms with van der Waals surface area (Å²) in [6.45, 7) is 3.40. The van der Waals surface area contributed by atoms with Crippen LogP contribution in [0, 0.1) is 6.92 Å². The quantitative estimate of drug-likeness (QED) is 0.460. The first-order valence-corrected chi connectivity index (χ1v) is 6.41. The van der Waals surface area contributed by atoms with Crippen LogP contribution in [0.3, 0.4) is 0 Å². The number of benzene rings is 2. The van der Waals surface area contributed by atoms with Crippen molar-refractivity contribution in [1.29, 1.82) is 0 Å². The molecule has 0 aromatic heterocycles. The molecule has 1 amide bonds. The lowest BCUT2D eigenvalue weighted by atomic mass is 10.1. The Morgan fingerprint density at radius 3 is 2.57 bits per heavy atom. The summed E-state index contributed by atoms with van der Waals surface area (Å²) in [5.74, 6) is -0.114. The second kappa shape index (κ2) is 6.09. The van der Waals surface area contributed by atoms with E-state index in [9.17, 15) is 9.90 Å². The molecule has 108 valence electrons. The van der Waals surface area contributed by atoms with E-state index in [1.54, 1.807) is 50.2 Å². The Labute approximate surface area is 122 Å². The number of oxime groups is 1. The van der Waals surface area contributed by atoms with Gasteiger partial charge in [0.2, 0.25) is 0 Å². The second-order valence-electron chi connectivity index (χ2n) is 4.72. The van der Waals surface area contributed by atoms with E-state index in [2.05, 4.69) is 10.5 Å². The molecular formula is C16H16N2O3. The van der Waals surface area contributed by atoms with E-state index in [1.807, 2.05) is 0 Å². The average Bonchev–Trinajstić information content (AvgIpc) is 2.49. The van der Waals surface area contributed by atoms with Gasteiger partial charge in [0.15, 0.2) is 0 Å². The third kappa shape index (κ3) is 3.39. The zero-order chi connectivity index (χ0) is 15.4. The van der Waals surface area contributed by atoms with Gasteiger partial charge in [0, 0.05) is 16.8 Å². The number of nitrogens with one attached hydrogen (secondary N) is 1. The average molecular weight is 284 g/mol. The molecule has 3 N–H and O–H groups in total. The van der Waals surface area contributed by atoms with Crippen molar-refractivity contribution in [3.05, 3.63) is 59.2 Å². The maximum absolute atomic E-state index is 12.2. The zero-order valence-electron chi connectivity index (χ0n) is 11.8. The number of aryl methyl sites for hydroxylation is 1. The van der Waals surface area contributed by atoms with Gasteiger partial charge >= 0.3 is 0 Å². The zero-order valence-corrected chi connectivity index (χ0v) is 11.8. The fraction of sp³-hybridized carbons (Fsp3) is 0.125. The highest BCUT2D eigenvalue weighted by Crippen LogP contribution is 2.18. The van der Waals surface area contributed by atoms with E-state index < -0.39 is 0 Å². The topological polar surface area (TPSA) is 81.9 Å². The summed E-state index contributed by atoms with van der Waals surface area (Å²) >= 11 is 0. The van der Waals surface area contributed by atoms with Crippen LogP contribution in [0.2, 0.25) is 0 Å². The Kier molecular flexibility index (Phi) is 4.23. The summed E-state index contributed by atoms with van der Waals surface area (Å²) in [6, 6.07) is 11.7. The van der Waals surface area contributed by atoms with Gasteiger partial charge in [-0.1, -0.05) is 17.3 Å². The molecule has 2 aromatic rings. The number of rotatable bonds is 3. The van der Waals surface area contributed by atoms with Crippen molar-refractivity contribution in [3.63, 3.8) is 0 Å². The lowest BCUT2D eigenvalue weighted by Crippen LogP contribution is -2.12. The van der Waals surface area contributed by atoms with E-state index in [0.717, 1.165) is 5.56 Å². The van der Waals surface area contributed by atoms with Crippen LogP contribution in [0.5, 0.6) is 5.75 Å². The van der Waals surface area contributed by atoms with Gasteiger partial charge in [0.25, 0.3) is 5.91 Å². The molecule has 5 heteroatoms. The Balaban J connectivity index is 2.21. The molecule has 0 aliphatic carbocycles. The first-order chi connectivity index (χ1) is 10.0. The van der Waals surface area contributed by atoms with Crippen LogP contribution in [-0.2, 0) is 0 Å². The molecule has 0 saturated carbocycles. The Bertz CT molecular complexity index is 708. The fourth-order valence-electron chi connectivity index (χ4n) is 1.88. The van der Waals surface area contributed by atoms with Gasteiger partial charge in [0.05, 0.1) is 5.71 Å². The molecule has 0 bridgehead atoms. The SMILES string of the molecule is C/C(=N/O)c1cccc(NC(=O)c2ccc(O)c(C)c2)c1. The van der Waals surface area contributed by atoms with Crippen molar-refractivity contribution in [1.82, 2.24) is 0 Å². The van der Waals surface area contributed by atoms with E-state index >= 15 is 0 Å². The molecule has 0 unspecified atom stereocenters. The summed E-state index contributed by atoms with van der Waals surface area (Å²) in [5, 5.41) is 24.1. The van der Waals surface area contributed by atoms with Crippen molar-refractivity contribution in [2.24, 2.45) is 5.16 Å². The highest BCUT2D eigenvalue weighted by atomic mass is 16.4. The first kappa shape index (κ1) is 14.6. The summed E-state index contributed by atoms with van der Waals surface area (Å²) in [5.41, 5.74) is 2.89. The van der Waals surface area contributed by atoms with Crippen LogP contribution in [0.1, 0.15) is 28.4 Å². The molecule has 0 aliphatic rings. The molecule has 0 aliphatic heterocycles. The van der Waals surface area contributed by atoms with E-state index in [0.29, 0.717) is 22.5 Å². The normalized spacial score (nSPS) is 11.2. The van der Waals surface area contributed by atoms with Gasteiger partial charge < -0.3 is 15.6 Å². The summed E-state index contributed by atoms with van der Waals surface area (Å²) < 4.78 is 0.